The smallest absolute Gasteiger partial charge is 0.406 e. The van der Waals surface area contributed by atoms with Crippen molar-refractivity contribution in [1.29, 1.82) is 0 Å². The summed E-state index contributed by atoms with van der Waals surface area (Å²) in [5.74, 6) is -0.126. The third-order valence-electron chi connectivity index (χ3n) is 4.89. The van der Waals surface area contributed by atoms with E-state index in [2.05, 4.69) is 9.72 Å². The maximum atomic E-state index is 12.4. The summed E-state index contributed by atoms with van der Waals surface area (Å²) in [5, 5.41) is 0.502. The lowest BCUT2D eigenvalue weighted by molar-refractivity contribution is -0.274. The van der Waals surface area contributed by atoms with Gasteiger partial charge in [0, 0.05) is 39.0 Å². The van der Waals surface area contributed by atoms with Crippen molar-refractivity contribution in [2.24, 2.45) is 0 Å². The standard InChI is InChI=1S/C21H19Cl3F3N3O3S/c1-20(2,11-13-4-6-17(7-5-13)33-21(25,26)27)30-18(34(24,31)32)12-28-19(30)29(3)16-9-14(22)8-15(23)10-16/h4-10,12H,11H2,1-3H3. The SMILES string of the molecule is CN(c1cc(Cl)cc(Cl)c1)c1ncc(S(=O)(=O)Cl)n1C(C)(C)Cc1ccc(OC(F)(F)F)cc1. The van der Waals surface area contributed by atoms with Crippen molar-refractivity contribution >= 4 is 54.6 Å². The van der Waals surface area contributed by atoms with Crippen molar-refractivity contribution in [3.8, 4) is 5.75 Å². The summed E-state index contributed by atoms with van der Waals surface area (Å²) >= 11 is 12.2. The number of aromatic nitrogens is 2. The van der Waals surface area contributed by atoms with Crippen LogP contribution in [-0.4, -0.2) is 31.4 Å². The third-order valence-corrected chi connectivity index (χ3v) is 6.59. The van der Waals surface area contributed by atoms with Gasteiger partial charge < -0.3 is 9.64 Å². The number of ether oxygens (including phenoxy) is 1. The minimum atomic E-state index is -4.80. The zero-order valence-corrected chi connectivity index (χ0v) is 21.2. The van der Waals surface area contributed by atoms with E-state index < -0.39 is 21.0 Å². The van der Waals surface area contributed by atoms with E-state index in [1.165, 1.54) is 28.8 Å². The van der Waals surface area contributed by atoms with Gasteiger partial charge in [0.2, 0.25) is 5.95 Å². The fraction of sp³-hybridized carbons (Fsp3) is 0.286. The molecule has 3 aromatic rings. The molecule has 1 heterocycles. The van der Waals surface area contributed by atoms with Gasteiger partial charge in [-0.05, 0) is 56.2 Å². The summed E-state index contributed by atoms with van der Waals surface area (Å²) in [4.78, 5) is 5.88. The molecule has 0 saturated heterocycles. The van der Waals surface area contributed by atoms with Gasteiger partial charge in [-0.15, -0.1) is 13.2 Å². The molecule has 1 aromatic heterocycles. The lowest BCUT2D eigenvalue weighted by atomic mass is 9.94. The van der Waals surface area contributed by atoms with E-state index in [-0.39, 0.29) is 23.1 Å². The molecule has 0 unspecified atom stereocenters. The van der Waals surface area contributed by atoms with Crippen molar-refractivity contribution in [2.75, 3.05) is 11.9 Å². The average Bonchev–Trinajstić information content (AvgIpc) is 3.13. The number of alkyl halides is 3. The second-order valence-electron chi connectivity index (χ2n) is 8.04. The molecule has 3 rings (SSSR count). The first-order chi connectivity index (χ1) is 15.6. The highest BCUT2D eigenvalue weighted by atomic mass is 35.7. The molecule has 0 spiro atoms. The van der Waals surface area contributed by atoms with Crippen LogP contribution in [0.15, 0.2) is 53.7 Å². The normalized spacial score (nSPS) is 12.6. The van der Waals surface area contributed by atoms with E-state index in [0.717, 1.165) is 6.20 Å². The Bertz CT molecular complexity index is 1270. The lowest BCUT2D eigenvalue weighted by Gasteiger charge is -2.32. The molecule has 184 valence electrons. The Morgan fingerprint density at radius 1 is 1.06 bits per heavy atom. The Morgan fingerprint density at radius 3 is 2.12 bits per heavy atom. The van der Waals surface area contributed by atoms with Crippen LogP contribution < -0.4 is 9.64 Å². The van der Waals surface area contributed by atoms with Crippen LogP contribution in [-0.2, 0) is 21.0 Å². The van der Waals surface area contributed by atoms with Gasteiger partial charge in [0.1, 0.15) is 5.75 Å². The van der Waals surface area contributed by atoms with E-state index in [1.54, 1.807) is 44.0 Å². The van der Waals surface area contributed by atoms with Crippen molar-refractivity contribution in [1.82, 2.24) is 9.55 Å². The zero-order chi connectivity index (χ0) is 25.5. The largest absolute Gasteiger partial charge is 0.573 e. The summed E-state index contributed by atoms with van der Waals surface area (Å²) in [5.41, 5.74) is 0.240. The highest BCUT2D eigenvalue weighted by Gasteiger charge is 2.34. The summed E-state index contributed by atoms with van der Waals surface area (Å²) in [6.07, 6.45) is -3.43. The van der Waals surface area contributed by atoms with Crippen LogP contribution in [0.5, 0.6) is 5.75 Å². The number of hydrogen-bond donors (Lipinski definition) is 0. The van der Waals surface area contributed by atoms with Gasteiger partial charge in [0.25, 0.3) is 9.05 Å². The van der Waals surface area contributed by atoms with Crippen molar-refractivity contribution in [2.45, 2.75) is 37.2 Å². The average molecular weight is 557 g/mol. The molecule has 0 N–H and O–H groups in total. The Labute approximate surface area is 209 Å². The van der Waals surface area contributed by atoms with Crippen molar-refractivity contribution < 1.29 is 26.3 Å². The molecule has 0 fully saturated rings. The van der Waals surface area contributed by atoms with Gasteiger partial charge in [-0.25, -0.2) is 13.4 Å². The molecule has 0 saturated carbocycles. The molecule has 34 heavy (non-hydrogen) atoms. The van der Waals surface area contributed by atoms with Crippen LogP contribution in [0.25, 0.3) is 0 Å². The van der Waals surface area contributed by atoms with Gasteiger partial charge in [0.05, 0.1) is 6.20 Å². The number of hydrogen-bond acceptors (Lipinski definition) is 5. The monoisotopic (exact) mass is 555 g/mol. The highest BCUT2D eigenvalue weighted by Crippen LogP contribution is 2.36. The van der Waals surface area contributed by atoms with Crippen LogP contribution in [0.1, 0.15) is 19.4 Å². The Kier molecular flexibility index (Phi) is 7.38. The molecule has 0 bridgehead atoms. The van der Waals surface area contributed by atoms with Gasteiger partial charge in [0.15, 0.2) is 5.03 Å². The van der Waals surface area contributed by atoms with Gasteiger partial charge >= 0.3 is 6.36 Å². The quantitative estimate of drug-likeness (QED) is 0.301. The predicted molar refractivity (Wildman–Crippen MR) is 126 cm³/mol. The molecule has 6 nitrogen and oxygen atoms in total. The van der Waals surface area contributed by atoms with Crippen LogP contribution in [0.2, 0.25) is 10.0 Å². The maximum Gasteiger partial charge on any atom is 0.573 e. The third kappa shape index (κ3) is 6.29. The Morgan fingerprint density at radius 2 is 1.62 bits per heavy atom. The first-order valence-electron chi connectivity index (χ1n) is 9.64. The number of rotatable bonds is 7. The molecule has 0 aliphatic carbocycles. The minimum Gasteiger partial charge on any atom is -0.406 e. The van der Waals surface area contributed by atoms with Crippen LogP contribution in [0, 0.1) is 0 Å². The molecule has 2 aromatic carbocycles. The zero-order valence-electron chi connectivity index (χ0n) is 18.1. The van der Waals surface area contributed by atoms with Crippen LogP contribution in [0.3, 0.4) is 0 Å². The summed E-state index contributed by atoms with van der Waals surface area (Å²) in [6, 6.07) is 10.1. The molecule has 0 atom stereocenters. The fourth-order valence-electron chi connectivity index (χ4n) is 3.54. The van der Waals surface area contributed by atoms with E-state index in [4.69, 9.17) is 33.9 Å². The molecule has 13 heteroatoms. The van der Waals surface area contributed by atoms with Crippen molar-refractivity contribution in [3.05, 3.63) is 64.3 Å². The van der Waals surface area contributed by atoms with Gasteiger partial charge in [-0.2, -0.15) is 0 Å². The lowest BCUT2D eigenvalue weighted by Crippen LogP contribution is -2.33. The number of imidazole rings is 1. The first-order valence-corrected chi connectivity index (χ1v) is 12.7. The number of nitrogens with zero attached hydrogens (tertiary/aromatic N) is 3. The Balaban J connectivity index is 2.03. The van der Waals surface area contributed by atoms with E-state index in [9.17, 15) is 21.6 Å². The number of halogens is 6. The van der Waals surface area contributed by atoms with Crippen LogP contribution >= 0.6 is 33.9 Å². The second-order valence-corrected chi connectivity index (χ2v) is 11.4. The summed E-state index contributed by atoms with van der Waals surface area (Å²) in [6.45, 7) is 3.51. The van der Waals surface area contributed by atoms with E-state index in [0.29, 0.717) is 21.3 Å². The van der Waals surface area contributed by atoms with E-state index >= 15 is 0 Å². The van der Waals surface area contributed by atoms with E-state index in [1.807, 2.05) is 0 Å². The van der Waals surface area contributed by atoms with Crippen molar-refractivity contribution in [3.63, 3.8) is 0 Å². The fourth-order valence-corrected chi connectivity index (χ4v) is 5.11. The second kappa shape index (κ2) is 9.49. The minimum absolute atomic E-state index is 0.228. The number of benzene rings is 2. The molecule has 0 amide bonds. The van der Waals surface area contributed by atoms with Crippen LogP contribution in [0.4, 0.5) is 24.8 Å². The van der Waals surface area contributed by atoms with Gasteiger partial charge in [-0.3, -0.25) is 4.57 Å². The highest BCUT2D eigenvalue weighted by molar-refractivity contribution is 8.13. The summed E-state index contributed by atoms with van der Waals surface area (Å²) in [7, 11) is 3.16. The topological polar surface area (TPSA) is 64.4 Å². The molecular weight excluding hydrogens is 538 g/mol. The molecule has 0 aliphatic rings. The van der Waals surface area contributed by atoms with Gasteiger partial charge in [-0.1, -0.05) is 35.3 Å². The predicted octanol–water partition coefficient (Wildman–Crippen LogP) is 6.76. The molecule has 0 radical (unpaired) electrons. The summed E-state index contributed by atoms with van der Waals surface area (Å²) < 4.78 is 67.3. The maximum absolute atomic E-state index is 12.4. The molecular formula is C21H19Cl3F3N3O3S. The first kappa shape index (κ1) is 26.5. The Hall–Kier alpha value is -2.14. The molecule has 0 aliphatic heterocycles. The number of anilines is 2.